The molecule has 2 N–H and O–H groups in total. The molecule has 7 heteroatoms. The summed E-state index contributed by atoms with van der Waals surface area (Å²) in [6.07, 6.45) is 0.670. The van der Waals surface area contributed by atoms with Crippen molar-refractivity contribution in [2.45, 2.75) is 26.8 Å². The lowest BCUT2D eigenvalue weighted by atomic mass is 10.0. The number of carboxylic acids is 2. The van der Waals surface area contributed by atoms with Crippen LogP contribution in [0.5, 0.6) is 0 Å². The van der Waals surface area contributed by atoms with Crippen molar-refractivity contribution in [3.8, 4) is 0 Å². The number of amides is 1. The van der Waals surface area contributed by atoms with Crippen LogP contribution in [0.1, 0.15) is 25.8 Å². The number of carboxylic acid groups (broad SMARTS) is 2. The lowest BCUT2D eigenvalue weighted by Crippen LogP contribution is -2.48. The van der Waals surface area contributed by atoms with E-state index in [-0.39, 0.29) is 0 Å². The molecule has 1 fully saturated rings. The largest absolute Gasteiger partial charge is 0.473 e. The fourth-order valence-corrected chi connectivity index (χ4v) is 3.30. The third kappa shape index (κ3) is 6.87. The first-order valence-electron chi connectivity index (χ1n) is 9.71. The Morgan fingerprint density at radius 3 is 2.07 bits per heavy atom. The molecule has 0 aromatic heterocycles. The molecule has 2 aromatic carbocycles. The van der Waals surface area contributed by atoms with Gasteiger partial charge in [-0.25, -0.2) is 9.59 Å². The van der Waals surface area contributed by atoms with Gasteiger partial charge in [0.25, 0.3) is 0 Å². The second-order valence-electron chi connectivity index (χ2n) is 7.50. The fourth-order valence-electron chi connectivity index (χ4n) is 3.30. The highest BCUT2D eigenvalue weighted by molar-refractivity contribution is 6.27. The molecule has 0 spiro atoms. The van der Waals surface area contributed by atoms with E-state index in [4.69, 9.17) is 19.8 Å². The minimum Gasteiger partial charge on any atom is -0.473 e. The number of hydrogen-bond acceptors (Lipinski definition) is 4. The Kier molecular flexibility index (Phi) is 8.15. The second kappa shape index (κ2) is 10.6. The Bertz CT molecular complexity index is 840. The molecule has 2 aromatic rings. The molecule has 0 unspecified atom stereocenters. The summed E-state index contributed by atoms with van der Waals surface area (Å²) < 4.78 is 0. The molecule has 1 aliphatic rings. The average Bonchev–Trinajstić information content (AvgIpc) is 2.69. The van der Waals surface area contributed by atoms with Gasteiger partial charge in [-0.05, 0) is 22.3 Å². The van der Waals surface area contributed by atoms with E-state index in [1.165, 1.54) is 16.3 Å². The lowest BCUT2D eigenvalue weighted by molar-refractivity contribution is -0.159. The van der Waals surface area contributed by atoms with Crippen LogP contribution in [-0.4, -0.2) is 64.0 Å². The number of piperazine rings is 1. The van der Waals surface area contributed by atoms with Gasteiger partial charge in [0.15, 0.2) is 0 Å². The molecule has 29 heavy (non-hydrogen) atoms. The minimum absolute atomic E-state index is 0.310. The first-order valence-corrected chi connectivity index (χ1v) is 9.71. The lowest BCUT2D eigenvalue weighted by Gasteiger charge is -2.35. The molecule has 1 amide bonds. The van der Waals surface area contributed by atoms with Crippen LogP contribution >= 0.6 is 0 Å². The molecule has 0 bridgehead atoms. The molecule has 156 valence electrons. The Morgan fingerprint density at radius 1 is 0.897 bits per heavy atom. The first-order chi connectivity index (χ1) is 13.8. The van der Waals surface area contributed by atoms with Gasteiger partial charge in [0.2, 0.25) is 5.91 Å². The van der Waals surface area contributed by atoms with E-state index in [0.717, 1.165) is 32.7 Å². The van der Waals surface area contributed by atoms with Gasteiger partial charge in [-0.2, -0.15) is 0 Å². The van der Waals surface area contributed by atoms with Gasteiger partial charge in [-0.1, -0.05) is 56.3 Å². The maximum Gasteiger partial charge on any atom is 0.414 e. The van der Waals surface area contributed by atoms with E-state index in [2.05, 4.69) is 61.2 Å². The molecule has 0 atom stereocenters. The van der Waals surface area contributed by atoms with Crippen molar-refractivity contribution in [2.75, 3.05) is 26.2 Å². The molecule has 0 radical (unpaired) electrons. The number of fused-ring (bicyclic) bond motifs is 1. The molecule has 1 heterocycles. The molecule has 0 aliphatic carbocycles. The smallest absolute Gasteiger partial charge is 0.414 e. The topological polar surface area (TPSA) is 98.2 Å². The van der Waals surface area contributed by atoms with Crippen molar-refractivity contribution in [2.24, 2.45) is 5.92 Å². The quantitative estimate of drug-likeness (QED) is 0.766. The molecular weight excluding hydrogens is 372 g/mol. The molecular formula is C22H28N2O5. The maximum atomic E-state index is 12.2. The monoisotopic (exact) mass is 400 g/mol. The minimum atomic E-state index is -1.82. The highest BCUT2D eigenvalue weighted by Crippen LogP contribution is 2.20. The third-order valence-electron chi connectivity index (χ3n) is 4.76. The zero-order valence-electron chi connectivity index (χ0n) is 16.9. The predicted molar refractivity (Wildman–Crippen MR) is 111 cm³/mol. The predicted octanol–water partition coefficient (Wildman–Crippen LogP) is 2.69. The summed E-state index contributed by atoms with van der Waals surface area (Å²) >= 11 is 0. The van der Waals surface area contributed by atoms with E-state index < -0.39 is 11.9 Å². The molecule has 0 saturated carbocycles. The Balaban J connectivity index is 0.000000438. The van der Waals surface area contributed by atoms with Crippen LogP contribution in [0, 0.1) is 5.92 Å². The van der Waals surface area contributed by atoms with Crippen molar-refractivity contribution >= 4 is 28.6 Å². The van der Waals surface area contributed by atoms with E-state index in [1.54, 1.807) is 0 Å². The van der Waals surface area contributed by atoms with Crippen molar-refractivity contribution in [3.63, 3.8) is 0 Å². The van der Waals surface area contributed by atoms with Gasteiger partial charge in [0.05, 0.1) is 0 Å². The fraction of sp³-hybridized carbons (Fsp3) is 0.409. The third-order valence-corrected chi connectivity index (χ3v) is 4.76. The summed E-state index contributed by atoms with van der Waals surface area (Å²) in [6.45, 7) is 8.82. The van der Waals surface area contributed by atoms with Crippen LogP contribution in [-0.2, 0) is 20.9 Å². The summed E-state index contributed by atoms with van der Waals surface area (Å²) in [7, 11) is 0. The molecule has 1 saturated heterocycles. The SMILES string of the molecule is CC(C)CC(=O)N1CCN(Cc2cccc3ccccc23)CC1.O=C(O)C(=O)O. The standard InChI is InChI=1S/C20H26N2O.C2H2O4/c1-16(2)14-20(23)22-12-10-21(11-13-22)15-18-8-5-7-17-6-3-4-9-19(17)18;3-1(4)2(5)6/h3-9,16H,10-15H2,1-2H3;(H,3,4)(H,5,6). The number of hydrogen-bond donors (Lipinski definition) is 2. The van der Waals surface area contributed by atoms with E-state index in [0.29, 0.717) is 18.2 Å². The summed E-state index contributed by atoms with van der Waals surface area (Å²) in [6, 6.07) is 15.1. The molecule has 7 nitrogen and oxygen atoms in total. The van der Waals surface area contributed by atoms with Crippen LogP contribution in [0.25, 0.3) is 10.8 Å². The summed E-state index contributed by atoms with van der Waals surface area (Å²) in [5, 5.41) is 17.4. The zero-order valence-corrected chi connectivity index (χ0v) is 16.9. The number of carbonyl (C=O) groups excluding carboxylic acids is 1. The van der Waals surface area contributed by atoms with Crippen LogP contribution in [0.4, 0.5) is 0 Å². The molecule has 1 aliphatic heterocycles. The van der Waals surface area contributed by atoms with Crippen LogP contribution < -0.4 is 0 Å². The van der Waals surface area contributed by atoms with Gasteiger partial charge >= 0.3 is 11.9 Å². The Morgan fingerprint density at radius 2 is 1.48 bits per heavy atom. The first kappa shape index (κ1) is 22.4. The second-order valence-corrected chi connectivity index (χ2v) is 7.50. The van der Waals surface area contributed by atoms with Crippen LogP contribution in [0.2, 0.25) is 0 Å². The normalized spacial score (nSPS) is 14.4. The number of rotatable bonds is 4. The highest BCUT2D eigenvalue weighted by Gasteiger charge is 2.21. The maximum absolute atomic E-state index is 12.2. The Labute approximate surface area is 170 Å². The summed E-state index contributed by atoms with van der Waals surface area (Å²) in [4.78, 5) is 34.8. The number of nitrogens with zero attached hydrogens (tertiary/aromatic N) is 2. The van der Waals surface area contributed by atoms with Crippen molar-refractivity contribution < 1.29 is 24.6 Å². The highest BCUT2D eigenvalue weighted by atomic mass is 16.4. The van der Waals surface area contributed by atoms with Crippen LogP contribution in [0.3, 0.4) is 0 Å². The number of carbonyl (C=O) groups is 3. The summed E-state index contributed by atoms with van der Waals surface area (Å²) in [5.41, 5.74) is 1.38. The Hall–Kier alpha value is -2.93. The van der Waals surface area contributed by atoms with Crippen LogP contribution in [0.15, 0.2) is 42.5 Å². The van der Waals surface area contributed by atoms with Gasteiger partial charge < -0.3 is 15.1 Å². The van der Waals surface area contributed by atoms with E-state index in [9.17, 15) is 4.79 Å². The number of aliphatic carboxylic acids is 2. The van der Waals surface area contributed by atoms with Gasteiger partial charge in [-0.3, -0.25) is 9.69 Å². The van der Waals surface area contributed by atoms with Gasteiger partial charge in [-0.15, -0.1) is 0 Å². The molecule has 3 rings (SSSR count). The zero-order chi connectivity index (χ0) is 21.4. The van der Waals surface area contributed by atoms with E-state index >= 15 is 0 Å². The van der Waals surface area contributed by atoms with Gasteiger partial charge in [0, 0.05) is 39.1 Å². The van der Waals surface area contributed by atoms with Gasteiger partial charge in [0.1, 0.15) is 0 Å². The van der Waals surface area contributed by atoms with Crippen molar-refractivity contribution in [1.29, 1.82) is 0 Å². The summed E-state index contributed by atoms with van der Waals surface area (Å²) in [5.74, 6) is -2.90. The van der Waals surface area contributed by atoms with Crippen molar-refractivity contribution in [3.05, 3.63) is 48.0 Å². The number of benzene rings is 2. The van der Waals surface area contributed by atoms with E-state index in [1.807, 2.05) is 4.90 Å². The average molecular weight is 400 g/mol. The van der Waals surface area contributed by atoms with Crippen molar-refractivity contribution in [1.82, 2.24) is 9.80 Å².